The molecule has 0 aromatic heterocycles. The first kappa shape index (κ1) is 14.6. The van der Waals surface area contributed by atoms with Crippen LogP contribution in [0, 0.1) is 0 Å². The summed E-state index contributed by atoms with van der Waals surface area (Å²) in [6.45, 7) is 7.44. The zero-order chi connectivity index (χ0) is 14.5. The minimum atomic E-state index is 0.636. The summed E-state index contributed by atoms with van der Waals surface area (Å²) in [6.07, 6.45) is 3.46. The topological polar surface area (TPSA) is 20.3 Å². The molecule has 0 saturated carbocycles. The normalized spacial score (nSPS) is 17.8. The number of anilines is 1. The van der Waals surface area contributed by atoms with Gasteiger partial charge in [0.25, 0.3) is 0 Å². The van der Waals surface area contributed by atoms with E-state index in [4.69, 9.17) is 0 Å². The Morgan fingerprint density at radius 2 is 1.80 bits per heavy atom. The van der Waals surface area contributed by atoms with Gasteiger partial charge in [0.1, 0.15) is 6.29 Å². The second-order valence-corrected chi connectivity index (χ2v) is 5.09. The maximum Gasteiger partial charge on any atom is 0.150 e. The van der Waals surface area contributed by atoms with E-state index in [1.165, 1.54) is 23.9 Å². The Morgan fingerprint density at radius 1 is 1.10 bits per heavy atom. The van der Waals surface area contributed by atoms with E-state index >= 15 is 0 Å². The smallest absolute Gasteiger partial charge is 0.150 e. The van der Waals surface area contributed by atoms with Gasteiger partial charge >= 0.3 is 0 Å². The van der Waals surface area contributed by atoms with Crippen LogP contribution in [0.5, 0.6) is 0 Å². The molecule has 0 N–H and O–H groups in total. The number of carbonyl (C=O) groups excluding carboxylic acids is 1. The van der Waals surface area contributed by atoms with Crippen molar-refractivity contribution >= 4 is 22.7 Å². The van der Waals surface area contributed by atoms with Crippen LogP contribution in [0.4, 0.5) is 5.69 Å². The van der Waals surface area contributed by atoms with Crippen molar-refractivity contribution < 1.29 is 4.79 Å². The average Bonchev–Trinajstić information content (AvgIpc) is 2.94. The van der Waals surface area contributed by atoms with Crippen LogP contribution in [0.2, 0.25) is 0 Å². The molecule has 0 aliphatic carbocycles. The molecule has 106 valence electrons. The molecule has 0 bridgehead atoms. The molecule has 3 rings (SSSR count). The van der Waals surface area contributed by atoms with Gasteiger partial charge in [-0.05, 0) is 48.7 Å². The molecule has 1 heterocycles. The highest BCUT2D eigenvalue weighted by Crippen LogP contribution is 2.28. The molecule has 1 unspecified atom stereocenters. The summed E-state index contributed by atoms with van der Waals surface area (Å²) >= 11 is 0. The largest absolute Gasteiger partial charge is 0.369 e. The number of hydrogen-bond donors (Lipinski definition) is 0. The van der Waals surface area contributed by atoms with E-state index in [9.17, 15) is 4.79 Å². The molecule has 0 spiro atoms. The number of benzene rings is 2. The van der Waals surface area contributed by atoms with Gasteiger partial charge in [-0.2, -0.15) is 0 Å². The molecule has 1 saturated heterocycles. The number of nitrogens with zero attached hydrogens (tertiary/aromatic N) is 1. The first-order chi connectivity index (χ1) is 9.78. The summed E-state index contributed by atoms with van der Waals surface area (Å²) < 4.78 is 0. The van der Waals surface area contributed by atoms with Crippen molar-refractivity contribution in [3.63, 3.8) is 0 Å². The lowest BCUT2D eigenvalue weighted by atomic mass is 10.1. The molecule has 1 aliphatic rings. The van der Waals surface area contributed by atoms with Crippen molar-refractivity contribution in [2.24, 2.45) is 0 Å². The molecule has 2 nitrogen and oxygen atoms in total. The van der Waals surface area contributed by atoms with Crippen LogP contribution in [0.3, 0.4) is 0 Å². The van der Waals surface area contributed by atoms with Crippen LogP contribution in [0.25, 0.3) is 10.8 Å². The summed E-state index contributed by atoms with van der Waals surface area (Å²) in [7, 11) is 0. The van der Waals surface area contributed by atoms with E-state index in [1.807, 2.05) is 32.0 Å². The quantitative estimate of drug-likeness (QED) is 0.739. The predicted octanol–water partition coefficient (Wildman–Crippen LogP) is 4.67. The molecule has 20 heavy (non-hydrogen) atoms. The number of hydrogen-bond acceptors (Lipinski definition) is 2. The van der Waals surface area contributed by atoms with Crippen molar-refractivity contribution in [3.05, 3.63) is 42.0 Å². The van der Waals surface area contributed by atoms with Gasteiger partial charge in [-0.1, -0.05) is 32.0 Å². The molecular weight excluding hydrogens is 246 g/mol. The van der Waals surface area contributed by atoms with Gasteiger partial charge in [0.2, 0.25) is 0 Å². The van der Waals surface area contributed by atoms with E-state index in [0.717, 1.165) is 23.8 Å². The number of rotatable bonds is 2. The van der Waals surface area contributed by atoms with Gasteiger partial charge in [-0.15, -0.1) is 0 Å². The Morgan fingerprint density at radius 3 is 2.45 bits per heavy atom. The average molecular weight is 269 g/mol. The number of carbonyl (C=O) groups is 1. The van der Waals surface area contributed by atoms with Gasteiger partial charge < -0.3 is 4.90 Å². The van der Waals surface area contributed by atoms with Gasteiger partial charge in [0.05, 0.1) is 0 Å². The van der Waals surface area contributed by atoms with E-state index in [0.29, 0.717) is 6.04 Å². The molecule has 1 fully saturated rings. The summed E-state index contributed by atoms with van der Waals surface area (Å²) in [5.74, 6) is 0. The van der Waals surface area contributed by atoms with Crippen molar-refractivity contribution in [2.45, 2.75) is 39.7 Å². The molecule has 0 amide bonds. The highest BCUT2D eigenvalue weighted by molar-refractivity contribution is 5.91. The molecular formula is C18H23NO. The van der Waals surface area contributed by atoms with Crippen LogP contribution >= 0.6 is 0 Å². The Bertz CT molecular complexity index is 591. The summed E-state index contributed by atoms with van der Waals surface area (Å²) in [6, 6.07) is 13.0. The number of fused-ring (bicyclic) bond motifs is 1. The van der Waals surface area contributed by atoms with Crippen molar-refractivity contribution in [1.29, 1.82) is 0 Å². The monoisotopic (exact) mass is 269 g/mol. The van der Waals surface area contributed by atoms with Gasteiger partial charge in [-0.25, -0.2) is 0 Å². The SMILES string of the molecule is CC.CC1CCCN1c1ccc2cc(C=O)ccc2c1. The van der Waals surface area contributed by atoms with Crippen molar-refractivity contribution in [3.8, 4) is 0 Å². The molecule has 0 radical (unpaired) electrons. The van der Waals surface area contributed by atoms with Crippen LogP contribution in [0.15, 0.2) is 36.4 Å². The maximum absolute atomic E-state index is 10.8. The molecule has 2 aromatic carbocycles. The van der Waals surface area contributed by atoms with E-state index < -0.39 is 0 Å². The fourth-order valence-electron chi connectivity index (χ4n) is 2.82. The minimum Gasteiger partial charge on any atom is -0.369 e. The van der Waals surface area contributed by atoms with Crippen molar-refractivity contribution in [1.82, 2.24) is 0 Å². The molecule has 2 heteroatoms. The van der Waals surface area contributed by atoms with E-state index in [2.05, 4.69) is 30.0 Å². The predicted molar refractivity (Wildman–Crippen MR) is 86.7 cm³/mol. The van der Waals surface area contributed by atoms with Crippen LogP contribution in [-0.2, 0) is 0 Å². The Balaban J connectivity index is 0.000000704. The fourth-order valence-corrected chi connectivity index (χ4v) is 2.82. The third kappa shape index (κ3) is 2.84. The highest BCUT2D eigenvalue weighted by atomic mass is 16.1. The summed E-state index contributed by atoms with van der Waals surface area (Å²) in [5, 5.41) is 2.34. The second-order valence-electron chi connectivity index (χ2n) is 5.09. The molecule has 1 aliphatic heterocycles. The van der Waals surface area contributed by atoms with Crippen molar-refractivity contribution in [2.75, 3.05) is 11.4 Å². The Labute approximate surface area is 121 Å². The fraction of sp³-hybridized carbons (Fsp3) is 0.389. The van der Waals surface area contributed by atoms with Gasteiger partial charge in [0.15, 0.2) is 0 Å². The standard InChI is InChI=1S/C16H17NO.C2H6/c1-12-3-2-8-17(12)16-7-6-14-9-13(11-18)4-5-15(14)10-16;1-2/h4-7,9-12H,2-3,8H2,1H3;1-2H3. The maximum atomic E-state index is 10.8. The van der Waals surface area contributed by atoms with Crippen LogP contribution in [-0.4, -0.2) is 18.9 Å². The first-order valence-corrected chi connectivity index (χ1v) is 7.53. The van der Waals surface area contributed by atoms with E-state index in [-0.39, 0.29) is 0 Å². The van der Waals surface area contributed by atoms with Gasteiger partial charge in [-0.3, -0.25) is 4.79 Å². The Hall–Kier alpha value is -1.83. The zero-order valence-electron chi connectivity index (χ0n) is 12.6. The third-order valence-corrected chi connectivity index (χ3v) is 3.87. The molecule has 2 aromatic rings. The van der Waals surface area contributed by atoms with E-state index in [1.54, 1.807) is 0 Å². The highest BCUT2D eigenvalue weighted by Gasteiger charge is 2.20. The molecule has 1 atom stereocenters. The summed E-state index contributed by atoms with van der Waals surface area (Å²) in [5.41, 5.74) is 2.04. The van der Waals surface area contributed by atoms with Crippen LogP contribution < -0.4 is 4.90 Å². The zero-order valence-corrected chi connectivity index (χ0v) is 12.6. The lowest BCUT2D eigenvalue weighted by molar-refractivity contribution is 0.112. The first-order valence-electron chi connectivity index (χ1n) is 7.53. The van der Waals surface area contributed by atoms with Crippen LogP contribution in [0.1, 0.15) is 44.0 Å². The lowest BCUT2D eigenvalue weighted by Crippen LogP contribution is -2.25. The lowest BCUT2D eigenvalue weighted by Gasteiger charge is -2.24. The van der Waals surface area contributed by atoms with Gasteiger partial charge in [0, 0.05) is 23.8 Å². The number of aldehydes is 1. The third-order valence-electron chi connectivity index (χ3n) is 3.87. The summed E-state index contributed by atoms with van der Waals surface area (Å²) in [4.78, 5) is 13.2. The second kappa shape index (κ2) is 6.56. The Kier molecular flexibility index (Phi) is 4.78. The minimum absolute atomic E-state index is 0.636.